The lowest BCUT2D eigenvalue weighted by atomic mass is 9.96. The third-order valence-corrected chi connectivity index (χ3v) is 4.56. The lowest BCUT2D eigenvalue weighted by molar-refractivity contribution is -0.136. The average Bonchev–Trinajstić information content (AvgIpc) is 2.56. The van der Waals surface area contributed by atoms with Crippen molar-refractivity contribution >= 4 is 35.0 Å². The maximum atomic E-state index is 11.8. The maximum absolute atomic E-state index is 11.8. The number of hydrogen-bond donors (Lipinski definition) is 3. The molecule has 0 radical (unpaired) electrons. The standard InChI is InChI=1S/C17H20N2O5S/c1-11(20)14-15(22)19-16(14)25-13(21)10-18-17(23)24-9-5-8-12-6-3-2-4-7-12/h2-8,11,14,16,20H,9-10H2,1H3,(H,18,23)(H,19,22)/t11-,14+,16-/m1/s1. The van der Waals surface area contributed by atoms with Crippen molar-refractivity contribution in [1.82, 2.24) is 10.6 Å². The molecule has 1 aromatic rings. The molecule has 134 valence electrons. The lowest BCUT2D eigenvalue weighted by Gasteiger charge is -2.37. The molecule has 1 aliphatic heterocycles. The smallest absolute Gasteiger partial charge is 0.407 e. The first-order chi connectivity index (χ1) is 12.0. The number of rotatable bonds is 7. The van der Waals surface area contributed by atoms with E-state index in [-0.39, 0.29) is 24.2 Å². The fourth-order valence-corrected chi connectivity index (χ4v) is 3.30. The van der Waals surface area contributed by atoms with Gasteiger partial charge in [0.15, 0.2) is 0 Å². The second-order valence-corrected chi connectivity index (χ2v) is 6.65. The molecule has 3 atom stereocenters. The van der Waals surface area contributed by atoms with E-state index < -0.39 is 23.5 Å². The Morgan fingerprint density at radius 2 is 2.12 bits per heavy atom. The summed E-state index contributed by atoms with van der Waals surface area (Å²) in [5.74, 6) is -0.887. The molecular formula is C17H20N2O5S. The van der Waals surface area contributed by atoms with Crippen LogP contribution in [0.5, 0.6) is 0 Å². The van der Waals surface area contributed by atoms with Crippen molar-refractivity contribution in [2.45, 2.75) is 18.4 Å². The molecule has 0 saturated carbocycles. The van der Waals surface area contributed by atoms with Gasteiger partial charge in [0.2, 0.25) is 11.0 Å². The van der Waals surface area contributed by atoms with Crippen molar-refractivity contribution in [1.29, 1.82) is 0 Å². The molecule has 7 nitrogen and oxygen atoms in total. The number of β-lactam (4-membered cyclic amide) rings is 1. The predicted molar refractivity (Wildman–Crippen MR) is 94.5 cm³/mol. The van der Waals surface area contributed by atoms with Gasteiger partial charge in [-0.25, -0.2) is 4.79 Å². The van der Waals surface area contributed by atoms with Crippen LogP contribution >= 0.6 is 11.8 Å². The van der Waals surface area contributed by atoms with E-state index in [4.69, 9.17) is 4.74 Å². The van der Waals surface area contributed by atoms with Crippen molar-refractivity contribution in [2.24, 2.45) is 5.92 Å². The lowest BCUT2D eigenvalue weighted by Crippen LogP contribution is -2.60. The van der Waals surface area contributed by atoms with E-state index in [1.807, 2.05) is 36.4 Å². The van der Waals surface area contributed by atoms with Gasteiger partial charge in [-0.05, 0) is 18.6 Å². The van der Waals surface area contributed by atoms with Crippen molar-refractivity contribution in [2.75, 3.05) is 13.2 Å². The van der Waals surface area contributed by atoms with E-state index in [0.29, 0.717) is 0 Å². The molecule has 1 saturated heterocycles. The molecule has 1 fully saturated rings. The topological polar surface area (TPSA) is 105 Å². The highest BCUT2D eigenvalue weighted by Gasteiger charge is 2.43. The summed E-state index contributed by atoms with van der Waals surface area (Å²) in [4.78, 5) is 34.6. The van der Waals surface area contributed by atoms with Crippen LogP contribution in [0.3, 0.4) is 0 Å². The third kappa shape index (κ3) is 5.91. The molecule has 0 spiro atoms. The fourth-order valence-electron chi connectivity index (χ4n) is 2.19. The van der Waals surface area contributed by atoms with E-state index in [9.17, 15) is 19.5 Å². The summed E-state index contributed by atoms with van der Waals surface area (Å²) in [7, 11) is 0. The molecule has 0 aliphatic carbocycles. The fraction of sp³-hybridized carbons (Fsp3) is 0.353. The number of amides is 2. The highest BCUT2D eigenvalue weighted by molar-refractivity contribution is 8.14. The second-order valence-electron chi connectivity index (χ2n) is 5.45. The Labute approximate surface area is 149 Å². The summed E-state index contributed by atoms with van der Waals surface area (Å²) in [6.07, 6.45) is 2.00. The normalized spacial score (nSPS) is 20.5. The molecule has 2 amide bonds. The van der Waals surface area contributed by atoms with Crippen LogP contribution in [0, 0.1) is 5.92 Å². The second kappa shape index (κ2) is 9.24. The van der Waals surface area contributed by atoms with Crippen LogP contribution in [0.25, 0.3) is 6.08 Å². The van der Waals surface area contributed by atoms with Crippen LogP contribution in [0.4, 0.5) is 4.79 Å². The van der Waals surface area contributed by atoms with E-state index in [2.05, 4.69) is 10.6 Å². The Kier molecular flexibility index (Phi) is 7.03. The van der Waals surface area contributed by atoms with Gasteiger partial charge in [0, 0.05) is 0 Å². The highest BCUT2D eigenvalue weighted by Crippen LogP contribution is 2.28. The summed E-state index contributed by atoms with van der Waals surface area (Å²) in [5, 5.41) is 13.6. The van der Waals surface area contributed by atoms with Gasteiger partial charge >= 0.3 is 6.09 Å². The van der Waals surface area contributed by atoms with E-state index in [0.717, 1.165) is 17.3 Å². The molecule has 1 aromatic carbocycles. The van der Waals surface area contributed by atoms with Crippen LogP contribution in [-0.2, 0) is 14.3 Å². The summed E-state index contributed by atoms with van der Waals surface area (Å²) in [5.41, 5.74) is 0.994. The van der Waals surface area contributed by atoms with Crippen LogP contribution in [-0.4, -0.2) is 46.9 Å². The number of carbonyl (C=O) groups excluding carboxylic acids is 3. The monoisotopic (exact) mass is 364 g/mol. The Hall–Kier alpha value is -2.32. The summed E-state index contributed by atoms with van der Waals surface area (Å²) < 4.78 is 4.93. The molecule has 0 aromatic heterocycles. The number of aliphatic hydroxyl groups is 1. The van der Waals surface area contributed by atoms with E-state index in [1.165, 1.54) is 6.92 Å². The van der Waals surface area contributed by atoms with Gasteiger partial charge in [-0.3, -0.25) is 9.59 Å². The van der Waals surface area contributed by atoms with Crippen molar-refractivity contribution in [3.63, 3.8) is 0 Å². The minimum absolute atomic E-state index is 0.0881. The summed E-state index contributed by atoms with van der Waals surface area (Å²) in [6.45, 7) is 1.37. The molecule has 2 rings (SSSR count). The minimum atomic E-state index is -0.826. The number of aliphatic hydroxyl groups excluding tert-OH is 1. The number of hydrogen-bond acceptors (Lipinski definition) is 6. The molecule has 8 heteroatoms. The zero-order valence-electron chi connectivity index (χ0n) is 13.7. The zero-order chi connectivity index (χ0) is 18.2. The Bertz CT molecular complexity index is 648. The van der Waals surface area contributed by atoms with Gasteiger partial charge in [-0.2, -0.15) is 0 Å². The van der Waals surface area contributed by atoms with E-state index in [1.54, 1.807) is 6.08 Å². The molecule has 1 heterocycles. The van der Waals surface area contributed by atoms with Crippen LogP contribution in [0.2, 0.25) is 0 Å². The number of nitrogens with one attached hydrogen (secondary N) is 2. The van der Waals surface area contributed by atoms with Gasteiger partial charge in [0.05, 0.1) is 23.9 Å². The number of thioether (sulfide) groups is 1. The highest BCUT2D eigenvalue weighted by atomic mass is 32.2. The largest absolute Gasteiger partial charge is 0.445 e. The van der Waals surface area contributed by atoms with Gasteiger partial charge in [-0.15, -0.1) is 0 Å². The molecule has 0 bridgehead atoms. The first-order valence-corrected chi connectivity index (χ1v) is 8.65. The van der Waals surface area contributed by atoms with Crippen molar-refractivity contribution < 1.29 is 24.2 Å². The number of ether oxygens (including phenoxy) is 1. The van der Waals surface area contributed by atoms with Gasteiger partial charge in [0.25, 0.3) is 0 Å². The van der Waals surface area contributed by atoms with Crippen LogP contribution in [0.1, 0.15) is 12.5 Å². The molecule has 25 heavy (non-hydrogen) atoms. The maximum Gasteiger partial charge on any atom is 0.407 e. The van der Waals surface area contributed by atoms with Gasteiger partial charge < -0.3 is 20.5 Å². The number of benzene rings is 1. The number of alkyl carbamates (subject to hydrolysis) is 1. The number of carbonyl (C=O) groups is 3. The Morgan fingerprint density at radius 1 is 1.40 bits per heavy atom. The summed E-state index contributed by atoms with van der Waals surface area (Å²) >= 11 is 0.879. The van der Waals surface area contributed by atoms with Crippen molar-refractivity contribution in [3.05, 3.63) is 42.0 Å². The van der Waals surface area contributed by atoms with Crippen molar-refractivity contribution in [3.8, 4) is 0 Å². The Balaban J connectivity index is 1.62. The first-order valence-electron chi connectivity index (χ1n) is 7.77. The zero-order valence-corrected chi connectivity index (χ0v) is 14.5. The van der Waals surface area contributed by atoms with Crippen LogP contribution in [0.15, 0.2) is 36.4 Å². The molecule has 3 N–H and O–H groups in total. The SMILES string of the molecule is C[C@@H](O)[C@H]1C(=O)N[C@@H]1SC(=O)CNC(=O)OCC=Cc1ccccc1. The molecular weight excluding hydrogens is 344 g/mol. The summed E-state index contributed by atoms with van der Waals surface area (Å²) in [6, 6.07) is 9.57. The average molecular weight is 364 g/mol. The molecule has 0 unspecified atom stereocenters. The Morgan fingerprint density at radius 3 is 2.76 bits per heavy atom. The minimum Gasteiger partial charge on any atom is -0.445 e. The third-order valence-electron chi connectivity index (χ3n) is 3.49. The first kappa shape index (κ1) is 19.0. The van der Waals surface area contributed by atoms with Crippen LogP contribution < -0.4 is 10.6 Å². The van der Waals surface area contributed by atoms with Gasteiger partial charge in [-0.1, -0.05) is 48.2 Å². The van der Waals surface area contributed by atoms with E-state index >= 15 is 0 Å². The van der Waals surface area contributed by atoms with Gasteiger partial charge in [0.1, 0.15) is 6.61 Å². The predicted octanol–water partition coefficient (Wildman–Crippen LogP) is 1.14. The quantitative estimate of drug-likeness (QED) is 0.627. The molecule has 1 aliphatic rings.